The number of ether oxygens (including phenoxy) is 2. The first-order valence-corrected chi connectivity index (χ1v) is 8.81. The van der Waals surface area contributed by atoms with Crippen molar-refractivity contribution in [3.8, 4) is 11.8 Å². The fourth-order valence-corrected chi connectivity index (χ4v) is 3.56. The molecule has 0 unspecified atom stereocenters. The molecule has 8 nitrogen and oxygen atoms in total. The van der Waals surface area contributed by atoms with Gasteiger partial charge in [-0.1, -0.05) is 11.3 Å². The lowest BCUT2D eigenvalue weighted by Gasteiger charge is -2.19. The van der Waals surface area contributed by atoms with Gasteiger partial charge in [-0.05, 0) is 6.92 Å². The molecule has 1 fully saturated rings. The number of nitrogens with one attached hydrogen (secondary N) is 1. The predicted octanol–water partition coefficient (Wildman–Crippen LogP) is 2.08. The van der Waals surface area contributed by atoms with Crippen LogP contribution in [0.1, 0.15) is 26.5 Å². The van der Waals surface area contributed by atoms with Crippen molar-refractivity contribution in [3.63, 3.8) is 0 Å². The van der Waals surface area contributed by atoms with Gasteiger partial charge in [0.1, 0.15) is 12.4 Å². The van der Waals surface area contributed by atoms with Gasteiger partial charge in [0.25, 0.3) is 0 Å². The van der Waals surface area contributed by atoms with Gasteiger partial charge >= 0.3 is 0 Å². The largest absolute Gasteiger partial charge is 0.481 e. The minimum atomic E-state index is -1.22. The zero-order chi connectivity index (χ0) is 19.6. The smallest absolute Gasteiger partial charge is 0.230 e. The van der Waals surface area contributed by atoms with Crippen molar-refractivity contribution in [3.05, 3.63) is 23.2 Å². The molecule has 0 saturated carbocycles. The van der Waals surface area contributed by atoms with Crippen molar-refractivity contribution in [2.75, 3.05) is 19.0 Å². The maximum atomic E-state index is 14.1. The van der Waals surface area contributed by atoms with E-state index in [2.05, 4.69) is 20.3 Å². The van der Waals surface area contributed by atoms with E-state index in [4.69, 9.17) is 10.8 Å². The highest BCUT2D eigenvalue weighted by atomic mass is 32.1. The second-order valence-corrected chi connectivity index (χ2v) is 7.00. The highest BCUT2D eigenvalue weighted by molar-refractivity contribution is 7.15. The number of anilines is 1. The molecule has 0 aliphatic carbocycles. The highest BCUT2D eigenvalue weighted by Crippen LogP contribution is 2.28. The first kappa shape index (κ1) is 17.1. The molecule has 1 N–H and O–H groups in total. The van der Waals surface area contributed by atoms with Gasteiger partial charge < -0.3 is 14.8 Å². The van der Waals surface area contributed by atoms with E-state index in [9.17, 15) is 9.18 Å². The Morgan fingerprint density at radius 2 is 2.31 bits per heavy atom. The van der Waals surface area contributed by atoms with Crippen molar-refractivity contribution in [1.29, 1.82) is 0 Å². The predicted molar refractivity (Wildman–Crippen MR) is 93.9 cm³/mol. The summed E-state index contributed by atoms with van der Waals surface area (Å²) in [6, 6.07) is 1.52. The van der Waals surface area contributed by atoms with Gasteiger partial charge in [0.15, 0.2) is 5.13 Å². The zero-order valence-electron chi connectivity index (χ0n) is 15.7. The van der Waals surface area contributed by atoms with Crippen LogP contribution in [0.4, 0.5) is 9.52 Å². The molecule has 3 rings (SSSR count). The molecule has 2 aromatic heterocycles. The summed E-state index contributed by atoms with van der Waals surface area (Å²) >= 11 is 1.09. The molecule has 10 heteroatoms. The van der Waals surface area contributed by atoms with Crippen LogP contribution >= 0.6 is 11.3 Å². The van der Waals surface area contributed by atoms with Gasteiger partial charge in [0.05, 0.1) is 19.4 Å². The van der Waals surface area contributed by atoms with Gasteiger partial charge in [0.2, 0.25) is 23.6 Å². The van der Waals surface area contributed by atoms with E-state index in [0.29, 0.717) is 17.2 Å². The molecule has 2 aromatic rings. The molecule has 2 atom stereocenters. The molecule has 0 radical (unpaired) electrons. The number of amides is 1. The van der Waals surface area contributed by atoms with Gasteiger partial charge in [-0.3, -0.25) is 9.69 Å². The molecule has 1 aliphatic rings. The van der Waals surface area contributed by atoms with Crippen LogP contribution < -0.4 is 14.8 Å². The fraction of sp³-hybridized carbons (Fsp3) is 0.500. The first-order valence-electron chi connectivity index (χ1n) is 8.50. The molecule has 0 bridgehead atoms. The average Bonchev–Trinajstić information content (AvgIpc) is 3.06. The topological polar surface area (TPSA) is 89.5 Å². The average molecular weight is 382 g/mol. The molecule has 26 heavy (non-hydrogen) atoms. The van der Waals surface area contributed by atoms with Crippen LogP contribution in [-0.4, -0.2) is 51.5 Å². The Balaban J connectivity index is 1.68. The summed E-state index contributed by atoms with van der Waals surface area (Å²) in [6.07, 6.45) is 0.516. The Hall–Kier alpha value is -2.33. The molecule has 0 spiro atoms. The van der Waals surface area contributed by atoms with Crippen LogP contribution in [0, 0.1) is 5.95 Å². The number of carbonyl (C=O) groups excluding carboxylic acids is 1. The third kappa shape index (κ3) is 4.44. The minimum Gasteiger partial charge on any atom is -0.481 e. The van der Waals surface area contributed by atoms with Crippen LogP contribution in [0.15, 0.2) is 12.4 Å². The number of carbonyl (C=O) groups is 1. The molecule has 0 aromatic carbocycles. The molecule has 140 valence electrons. The molecular weight excluding hydrogens is 361 g/mol. The molecule has 1 amide bonds. The standard InChI is InChI=1S/C16H20FN5O3S/c1-9-4-11(25-14-5-13(24-3)18-8-19-14)6-22(9)7-12-15(17)21-16(26-12)20-10(2)23/h5,8-9,11H,4,6-7H2,1-3H3,(H,20,21,23)/t9-,11+/m0/s1/i11D. The monoisotopic (exact) mass is 382 g/mol. The second-order valence-electron chi connectivity index (χ2n) is 5.91. The summed E-state index contributed by atoms with van der Waals surface area (Å²) in [5, 5.41) is 2.71. The maximum absolute atomic E-state index is 14.1. The Morgan fingerprint density at radius 3 is 3.04 bits per heavy atom. The molecule has 1 aliphatic heterocycles. The van der Waals surface area contributed by atoms with E-state index in [1.165, 1.54) is 26.4 Å². The number of hydrogen-bond acceptors (Lipinski definition) is 8. The number of hydrogen-bond donors (Lipinski definition) is 1. The zero-order valence-corrected chi connectivity index (χ0v) is 15.5. The van der Waals surface area contributed by atoms with Crippen LogP contribution in [-0.2, 0) is 11.3 Å². The van der Waals surface area contributed by atoms with Gasteiger partial charge in [0, 0.05) is 32.5 Å². The van der Waals surface area contributed by atoms with Crippen molar-refractivity contribution < 1.29 is 20.0 Å². The van der Waals surface area contributed by atoms with Crippen LogP contribution in [0.2, 0.25) is 0 Å². The van der Waals surface area contributed by atoms with Crippen molar-refractivity contribution in [2.24, 2.45) is 0 Å². The third-order valence-electron chi connectivity index (χ3n) is 3.88. The Bertz CT molecular complexity index is 838. The van der Waals surface area contributed by atoms with Crippen LogP contribution in [0.5, 0.6) is 11.8 Å². The van der Waals surface area contributed by atoms with Crippen molar-refractivity contribution in [2.45, 2.75) is 38.9 Å². The summed E-state index contributed by atoms with van der Waals surface area (Å²) in [5.41, 5.74) is 0. The Labute approximate surface area is 155 Å². The fourth-order valence-electron chi connectivity index (χ4n) is 2.65. The Morgan fingerprint density at radius 1 is 1.54 bits per heavy atom. The summed E-state index contributed by atoms with van der Waals surface area (Å²) in [6.45, 7) is 3.85. The number of rotatable bonds is 6. The third-order valence-corrected chi connectivity index (χ3v) is 4.81. The van der Waals surface area contributed by atoms with Gasteiger partial charge in [-0.2, -0.15) is 9.37 Å². The SMILES string of the molecule is [2H][C@@]1(Oc2cc(OC)ncn2)C[C@H](C)N(Cc2sc(NC(C)=O)nc2F)C1. The quantitative estimate of drug-likeness (QED) is 0.818. The van der Waals surface area contributed by atoms with E-state index in [1.807, 2.05) is 11.8 Å². The van der Waals surface area contributed by atoms with E-state index >= 15 is 0 Å². The molecule has 1 saturated heterocycles. The minimum absolute atomic E-state index is 0.00282. The molecule has 3 heterocycles. The summed E-state index contributed by atoms with van der Waals surface area (Å²) in [7, 11) is 1.49. The number of halogens is 1. The van der Waals surface area contributed by atoms with E-state index in [1.54, 1.807) is 0 Å². The van der Waals surface area contributed by atoms with Crippen molar-refractivity contribution in [1.82, 2.24) is 19.9 Å². The van der Waals surface area contributed by atoms with E-state index in [-0.39, 0.29) is 36.1 Å². The van der Waals surface area contributed by atoms with Crippen LogP contribution in [0.3, 0.4) is 0 Å². The lowest BCUT2D eigenvalue weighted by atomic mass is 10.2. The van der Waals surface area contributed by atoms with Gasteiger partial charge in [-0.15, -0.1) is 0 Å². The van der Waals surface area contributed by atoms with Crippen molar-refractivity contribution >= 4 is 22.4 Å². The summed E-state index contributed by atoms with van der Waals surface area (Å²) in [5.74, 6) is -0.310. The van der Waals surface area contributed by atoms with E-state index in [0.717, 1.165) is 11.3 Å². The number of likely N-dealkylation sites (tertiary alicyclic amines) is 1. The molecular formula is C16H20FN5O3S. The highest BCUT2D eigenvalue weighted by Gasteiger charge is 2.32. The number of nitrogens with zero attached hydrogens (tertiary/aromatic N) is 4. The lowest BCUT2D eigenvalue weighted by molar-refractivity contribution is -0.114. The Kier molecular flexibility index (Phi) is 5.21. The first-order chi connectivity index (χ1) is 12.8. The summed E-state index contributed by atoms with van der Waals surface area (Å²) in [4.78, 5) is 25.1. The van der Waals surface area contributed by atoms with E-state index < -0.39 is 12.0 Å². The number of aromatic nitrogens is 3. The van der Waals surface area contributed by atoms with Gasteiger partial charge in [-0.25, -0.2) is 9.97 Å². The summed E-state index contributed by atoms with van der Waals surface area (Å²) < 4.78 is 33.5. The maximum Gasteiger partial charge on any atom is 0.230 e. The number of thiazole rings is 1. The van der Waals surface area contributed by atoms with Crippen LogP contribution in [0.25, 0.3) is 0 Å². The lowest BCUT2D eigenvalue weighted by Crippen LogP contribution is -2.28. The number of methoxy groups -OCH3 is 1. The second kappa shape index (κ2) is 7.92. The normalized spacial score (nSPS) is 23.5.